The first-order valence-electron chi connectivity index (χ1n) is 10.1. The quantitative estimate of drug-likeness (QED) is 0.410. The van der Waals surface area contributed by atoms with E-state index < -0.39 is 27.3 Å². The first kappa shape index (κ1) is 26.2. The molecule has 174 valence electrons. The SMILES string of the molecule is CCN(CC)CCN(C(=O)CS(=O)(=O)c1ccc(F)cc1)c1nc2c(C)cccc2s1.Cl. The molecule has 0 aliphatic heterocycles. The van der Waals surface area contributed by atoms with E-state index in [1.165, 1.54) is 28.4 Å². The number of halogens is 2. The Bertz CT molecular complexity index is 1160. The van der Waals surface area contributed by atoms with E-state index in [0.29, 0.717) is 18.2 Å². The molecule has 1 heterocycles. The maximum Gasteiger partial charge on any atom is 0.244 e. The number of para-hydroxylation sites is 1. The van der Waals surface area contributed by atoms with E-state index in [2.05, 4.69) is 9.88 Å². The van der Waals surface area contributed by atoms with Gasteiger partial charge in [0.1, 0.15) is 11.6 Å². The van der Waals surface area contributed by atoms with Crippen molar-refractivity contribution in [3.63, 3.8) is 0 Å². The zero-order valence-corrected chi connectivity index (χ0v) is 20.7. The van der Waals surface area contributed by atoms with Gasteiger partial charge in [-0.3, -0.25) is 9.69 Å². The summed E-state index contributed by atoms with van der Waals surface area (Å²) in [6.45, 7) is 8.61. The molecule has 0 saturated carbocycles. The van der Waals surface area contributed by atoms with Crippen LogP contribution in [-0.4, -0.2) is 56.1 Å². The number of carbonyl (C=O) groups excluding carboxylic acids is 1. The molecule has 0 atom stereocenters. The second-order valence-corrected chi connectivity index (χ2v) is 10.2. The number of hydrogen-bond acceptors (Lipinski definition) is 6. The summed E-state index contributed by atoms with van der Waals surface area (Å²) in [5.41, 5.74) is 1.81. The summed E-state index contributed by atoms with van der Waals surface area (Å²) in [7, 11) is -3.91. The first-order chi connectivity index (χ1) is 14.7. The van der Waals surface area contributed by atoms with E-state index in [1.807, 2.05) is 39.0 Å². The molecule has 1 amide bonds. The molecule has 10 heteroatoms. The van der Waals surface area contributed by atoms with Crippen LogP contribution in [0.3, 0.4) is 0 Å². The number of hydrogen-bond donors (Lipinski definition) is 0. The maximum absolute atomic E-state index is 13.2. The molecule has 3 rings (SSSR count). The van der Waals surface area contributed by atoms with E-state index in [9.17, 15) is 17.6 Å². The number of carbonyl (C=O) groups is 1. The molecule has 0 N–H and O–H groups in total. The summed E-state index contributed by atoms with van der Waals surface area (Å²) >= 11 is 1.37. The molecule has 0 saturated heterocycles. The fourth-order valence-electron chi connectivity index (χ4n) is 3.26. The average molecular weight is 500 g/mol. The van der Waals surface area contributed by atoms with E-state index in [1.54, 1.807) is 0 Å². The number of aryl methyl sites for hydroxylation is 1. The summed E-state index contributed by atoms with van der Waals surface area (Å²) in [5, 5.41) is 0.482. The van der Waals surface area contributed by atoms with Crippen LogP contribution in [0.25, 0.3) is 10.2 Å². The molecule has 0 unspecified atom stereocenters. The molecular weight excluding hydrogens is 473 g/mol. The number of likely N-dealkylation sites (N-methyl/N-ethyl adjacent to an activating group) is 1. The number of anilines is 1. The Morgan fingerprint density at radius 3 is 2.31 bits per heavy atom. The van der Waals surface area contributed by atoms with Gasteiger partial charge in [-0.25, -0.2) is 17.8 Å². The van der Waals surface area contributed by atoms with Crippen LogP contribution in [0.1, 0.15) is 19.4 Å². The van der Waals surface area contributed by atoms with Gasteiger partial charge in [0.05, 0.1) is 15.1 Å². The molecule has 0 radical (unpaired) electrons. The summed E-state index contributed by atoms with van der Waals surface area (Å²) in [4.78, 5) is 21.4. The molecule has 0 fully saturated rings. The summed E-state index contributed by atoms with van der Waals surface area (Å²) in [5.74, 6) is -1.78. The predicted octanol–water partition coefficient (Wildman–Crippen LogP) is 4.31. The van der Waals surface area contributed by atoms with Crippen LogP contribution < -0.4 is 4.90 Å². The van der Waals surface area contributed by atoms with Crippen LogP contribution in [0.5, 0.6) is 0 Å². The van der Waals surface area contributed by atoms with Gasteiger partial charge in [-0.15, -0.1) is 12.4 Å². The van der Waals surface area contributed by atoms with Crippen molar-refractivity contribution in [2.24, 2.45) is 0 Å². The molecule has 1 aromatic heterocycles. The zero-order valence-electron chi connectivity index (χ0n) is 18.2. The molecule has 2 aromatic carbocycles. The lowest BCUT2D eigenvalue weighted by Gasteiger charge is -2.24. The first-order valence-corrected chi connectivity index (χ1v) is 12.6. The minimum atomic E-state index is -3.91. The molecule has 0 aliphatic carbocycles. The van der Waals surface area contributed by atoms with Crippen molar-refractivity contribution in [2.75, 3.05) is 36.8 Å². The highest BCUT2D eigenvalue weighted by Gasteiger charge is 2.27. The summed E-state index contributed by atoms with van der Waals surface area (Å²) < 4.78 is 39.7. The molecule has 0 spiro atoms. The van der Waals surface area contributed by atoms with E-state index in [-0.39, 0.29) is 17.3 Å². The van der Waals surface area contributed by atoms with Gasteiger partial charge in [0, 0.05) is 13.1 Å². The molecular formula is C22H27ClFN3O3S2. The van der Waals surface area contributed by atoms with Crippen LogP contribution in [-0.2, 0) is 14.6 Å². The number of rotatable bonds is 9. The van der Waals surface area contributed by atoms with Crippen LogP contribution in [0, 0.1) is 12.7 Å². The predicted molar refractivity (Wildman–Crippen MR) is 130 cm³/mol. The van der Waals surface area contributed by atoms with Crippen molar-refractivity contribution in [3.05, 3.63) is 53.8 Å². The Morgan fingerprint density at radius 2 is 1.72 bits per heavy atom. The van der Waals surface area contributed by atoms with Crippen molar-refractivity contribution in [1.82, 2.24) is 9.88 Å². The van der Waals surface area contributed by atoms with E-state index >= 15 is 0 Å². The number of fused-ring (bicyclic) bond motifs is 1. The summed E-state index contributed by atoms with van der Waals surface area (Å²) in [6, 6.07) is 10.3. The number of benzene rings is 2. The van der Waals surface area contributed by atoms with Crippen LogP contribution in [0.4, 0.5) is 9.52 Å². The van der Waals surface area contributed by atoms with Gasteiger partial charge in [0.25, 0.3) is 0 Å². The average Bonchev–Trinajstić information content (AvgIpc) is 3.16. The normalized spacial score (nSPS) is 11.5. The lowest BCUT2D eigenvalue weighted by Crippen LogP contribution is -2.41. The van der Waals surface area contributed by atoms with Crippen LogP contribution in [0.15, 0.2) is 47.4 Å². The lowest BCUT2D eigenvalue weighted by molar-refractivity contribution is -0.116. The van der Waals surface area contributed by atoms with Crippen LogP contribution >= 0.6 is 23.7 Å². The van der Waals surface area contributed by atoms with Gasteiger partial charge in [-0.2, -0.15) is 0 Å². The van der Waals surface area contributed by atoms with Gasteiger partial charge >= 0.3 is 0 Å². The number of nitrogens with zero attached hydrogens (tertiary/aromatic N) is 3. The fourth-order valence-corrected chi connectivity index (χ4v) is 5.55. The van der Waals surface area contributed by atoms with Gasteiger partial charge in [0.15, 0.2) is 15.0 Å². The third-order valence-corrected chi connectivity index (χ3v) is 7.82. The van der Waals surface area contributed by atoms with Crippen molar-refractivity contribution in [2.45, 2.75) is 25.7 Å². The Kier molecular flexibility index (Phi) is 9.15. The molecule has 0 aliphatic rings. The van der Waals surface area contributed by atoms with Crippen molar-refractivity contribution in [1.29, 1.82) is 0 Å². The second-order valence-electron chi connectivity index (χ2n) is 7.20. The number of amides is 1. The van der Waals surface area contributed by atoms with Crippen molar-refractivity contribution in [3.8, 4) is 0 Å². The fraction of sp³-hybridized carbons (Fsp3) is 0.364. The lowest BCUT2D eigenvalue weighted by atomic mass is 10.2. The Hall–Kier alpha value is -2.07. The summed E-state index contributed by atoms with van der Waals surface area (Å²) in [6.07, 6.45) is 0. The van der Waals surface area contributed by atoms with Gasteiger partial charge in [0.2, 0.25) is 5.91 Å². The maximum atomic E-state index is 13.2. The van der Waals surface area contributed by atoms with Gasteiger partial charge in [-0.05, 0) is 55.9 Å². The smallest absolute Gasteiger partial charge is 0.244 e. The molecule has 3 aromatic rings. The highest BCUT2D eigenvalue weighted by molar-refractivity contribution is 7.92. The minimum absolute atomic E-state index is 0. The number of sulfone groups is 1. The molecule has 32 heavy (non-hydrogen) atoms. The molecule has 6 nitrogen and oxygen atoms in total. The van der Waals surface area contributed by atoms with E-state index in [4.69, 9.17) is 0 Å². The van der Waals surface area contributed by atoms with Crippen molar-refractivity contribution < 1.29 is 17.6 Å². The second kappa shape index (κ2) is 11.2. The van der Waals surface area contributed by atoms with Gasteiger partial charge < -0.3 is 4.90 Å². The third kappa shape index (κ3) is 6.04. The van der Waals surface area contributed by atoms with Crippen LogP contribution in [0.2, 0.25) is 0 Å². The number of thiazole rings is 1. The number of aromatic nitrogens is 1. The Morgan fingerprint density at radius 1 is 1.06 bits per heavy atom. The zero-order chi connectivity index (χ0) is 22.6. The standard InChI is InChI=1S/C22H26FN3O3S2.ClH/c1-4-25(5-2)13-14-26(22-24-21-16(3)7-6-8-19(21)30-22)20(27)15-31(28,29)18-11-9-17(23)10-12-18;/h6-12H,4-5,13-15H2,1-3H3;1H. The minimum Gasteiger partial charge on any atom is -0.302 e. The largest absolute Gasteiger partial charge is 0.302 e. The van der Waals surface area contributed by atoms with E-state index in [0.717, 1.165) is 41.0 Å². The van der Waals surface area contributed by atoms with Gasteiger partial charge in [-0.1, -0.05) is 37.3 Å². The van der Waals surface area contributed by atoms with Crippen molar-refractivity contribution >= 4 is 54.8 Å². The highest BCUT2D eigenvalue weighted by Crippen LogP contribution is 2.31. The monoisotopic (exact) mass is 499 g/mol. The highest BCUT2D eigenvalue weighted by atomic mass is 35.5. The molecule has 0 bridgehead atoms. The Labute approximate surface area is 198 Å². The Balaban J connectivity index is 0.00000363. The third-order valence-electron chi connectivity index (χ3n) is 5.16. The topological polar surface area (TPSA) is 70.6 Å².